The molecule has 9 heteroatoms. The van der Waals surface area contributed by atoms with Crippen LogP contribution in [0.1, 0.15) is 48.0 Å². The van der Waals surface area contributed by atoms with Gasteiger partial charge in [-0.3, -0.25) is 14.6 Å². The van der Waals surface area contributed by atoms with Crippen LogP contribution in [-0.4, -0.2) is 71.2 Å². The number of hydrogen-bond acceptors (Lipinski definition) is 5. The molecule has 0 radical (unpaired) electrons. The highest BCUT2D eigenvalue weighted by Gasteiger charge is 2.38. The molecule has 0 aromatic heterocycles. The molecule has 2 atom stereocenters. The lowest BCUT2D eigenvalue weighted by atomic mass is 9.86. The van der Waals surface area contributed by atoms with Crippen LogP contribution in [-0.2, 0) is 16.1 Å². The van der Waals surface area contributed by atoms with Crippen molar-refractivity contribution < 1.29 is 28.6 Å². The summed E-state index contributed by atoms with van der Waals surface area (Å²) >= 11 is 0. The second kappa shape index (κ2) is 10.9. The maximum absolute atomic E-state index is 14.8. The van der Waals surface area contributed by atoms with Gasteiger partial charge in [0, 0.05) is 18.7 Å². The normalized spacial score (nSPS) is 24.9. The number of piperidine rings is 4. The molecule has 2 amide bonds. The molecule has 4 fully saturated rings. The Hall–Kier alpha value is -3.46. The Morgan fingerprint density at radius 3 is 2.49 bits per heavy atom. The minimum absolute atomic E-state index is 0.00431. The summed E-state index contributed by atoms with van der Waals surface area (Å²) in [4.78, 5) is 43.3. The first-order valence-corrected chi connectivity index (χ1v) is 13.0. The number of likely N-dealkylation sites (tertiary alicyclic amines) is 1. The van der Waals surface area contributed by atoms with E-state index in [1.807, 2.05) is 0 Å². The van der Waals surface area contributed by atoms with E-state index in [9.17, 15) is 23.9 Å². The number of benzene rings is 2. The van der Waals surface area contributed by atoms with Gasteiger partial charge < -0.3 is 14.7 Å². The Labute approximate surface area is 215 Å². The molecule has 2 aromatic rings. The number of halogens is 1. The SMILES string of the molecule is O=C(O)C1CCCCN1C(=O)c1cccc(CN(C(=O)O[C@H]2CN3CCC2CC3)c2ccccc2F)c1. The number of ether oxygens (including phenoxy) is 1. The van der Waals surface area contributed by atoms with Crippen molar-refractivity contribution in [2.24, 2.45) is 5.92 Å². The number of fused-ring (bicyclic) bond motifs is 3. The van der Waals surface area contributed by atoms with E-state index in [-0.39, 0.29) is 24.2 Å². The van der Waals surface area contributed by atoms with E-state index in [2.05, 4.69) is 4.90 Å². The highest BCUT2D eigenvalue weighted by molar-refractivity contribution is 5.97. The number of carboxylic acid groups (broad SMARTS) is 1. The summed E-state index contributed by atoms with van der Waals surface area (Å²) in [5.74, 6) is -1.60. The van der Waals surface area contributed by atoms with Crippen LogP contribution in [0.4, 0.5) is 14.9 Å². The van der Waals surface area contributed by atoms with Gasteiger partial charge in [-0.2, -0.15) is 0 Å². The van der Waals surface area contributed by atoms with Crippen molar-refractivity contribution in [1.82, 2.24) is 9.80 Å². The first-order chi connectivity index (χ1) is 17.9. The number of hydrogen-bond donors (Lipinski definition) is 1. The molecule has 2 aromatic carbocycles. The van der Waals surface area contributed by atoms with E-state index in [1.54, 1.807) is 36.4 Å². The molecule has 0 saturated carbocycles. The highest BCUT2D eigenvalue weighted by Crippen LogP contribution is 2.31. The van der Waals surface area contributed by atoms with Gasteiger partial charge in [0.15, 0.2) is 0 Å². The number of carbonyl (C=O) groups is 3. The van der Waals surface area contributed by atoms with Gasteiger partial charge >= 0.3 is 12.1 Å². The number of carboxylic acids is 1. The number of carbonyl (C=O) groups excluding carboxylic acids is 2. The van der Waals surface area contributed by atoms with Crippen LogP contribution in [0.2, 0.25) is 0 Å². The fourth-order valence-electron chi connectivity index (χ4n) is 5.74. The first-order valence-electron chi connectivity index (χ1n) is 13.0. The van der Waals surface area contributed by atoms with Crippen LogP contribution in [0.25, 0.3) is 0 Å². The van der Waals surface area contributed by atoms with Gasteiger partial charge in [0.05, 0.1) is 12.2 Å². The van der Waals surface area contributed by atoms with Gasteiger partial charge in [-0.05, 0) is 80.9 Å². The van der Waals surface area contributed by atoms with E-state index in [4.69, 9.17) is 4.74 Å². The molecule has 0 spiro atoms. The number of anilines is 1. The minimum Gasteiger partial charge on any atom is -0.480 e. The van der Waals surface area contributed by atoms with Crippen LogP contribution in [0, 0.1) is 11.7 Å². The topological polar surface area (TPSA) is 90.4 Å². The molecule has 4 saturated heterocycles. The summed E-state index contributed by atoms with van der Waals surface area (Å²) in [6.45, 7) is 3.09. The van der Waals surface area contributed by atoms with Gasteiger partial charge in [-0.1, -0.05) is 24.3 Å². The molecule has 4 aliphatic rings. The smallest absolute Gasteiger partial charge is 0.415 e. The summed E-state index contributed by atoms with van der Waals surface area (Å²) in [6.07, 6.45) is 3.05. The third-order valence-electron chi connectivity index (χ3n) is 7.78. The Kier molecular flexibility index (Phi) is 7.41. The fraction of sp³-hybridized carbons (Fsp3) is 0.464. The molecule has 196 valence electrons. The van der Waals surface area contributed by atoms with E-state index < -0.39 is 23.9 Å². The number of nitrogens with zero attached hydrogens (tertiary/aromatic N) is 3. The predicted molar refractivity (Wildman–Crippen MR) is 135 cm³/mol. The molecule has 0 aliphatic carbocycles. The van der Waals surface area contributed by atoms with Crippen LogP contribution in [0.15, 0.2) is 48.5 Å². The van der Waals surface area contributed by atoms with E-state index >= 15 is 0 Å². The third-order valence-corrected chi connectivity index (χ3v) is 7.78. The van der Waals surface area contributed by atoms with Crippen molar-refractivity contribution >= 4 is 23.7 Å². The Bertz CT molecular complexity index is 1170. The molecule has 6 rings (SSSR count). The van der Waals surface area contributed by atoms with Crippen molar-refractivity contribution in [3.8, 4) is 0 Å². The third kappa shape index (κ3) is 5.46. The van der Waals surface area contributed by atoms with Gasteiger partial charge in [-0.15, -0.1) is 0 Å². The largest absolute Gasteiger partial charge is 0.480 e. The van der Waals surface area contributed by atoms with Crippen molar-refractivity contribution in [1.29, 1.82) is 0 Å². The zero-order chi connectivity index (χ0) is 25.9. The molecule has 1 unspecified atom stereocenters. The summed E-state index contributed by atoms with van der Waals surface area (Å²) in [5, 5.41) is 9.57. The Morgan fingerprint density at radius 2 is 1.78 bits per heavy atom. The number of rotatable bonds is 6. The quantitative estimate of drug-likeness (QED) is 0.630. The standard InChI is InChI=1S/C28H32FN3O5/c29-22-8-1-2-9-23(22)32(28(36)37-25-18-30-14-11-20(25)12-15-30)17-19-6-5-7-21(16-19)26(33)31-13-4-3-10-24(31)27(34)35/h1-2,5-9,16,20,24-25H,3-4,10-15,17-18H2,(H,34,35)/t24?,25-/m0/s1. The van der Waals surface area contributed by atoms with Gasteiger partial charge in [0.1, 0.15) is 18.0 Å². The Balaban J connectivity index is 1.37. The lowest BCUT2D eigenvalue weighted by molar-refractivity contribution is -0.143. The second-order valence-corrected chi connectivity index (χ2v) is 10.1. The molecular weight excluding hydrogens is 477 g/mol. The van der Waals surface area contributed by atoms with E-state index in [0.717, 1.165) is 38.8 Å². The van der Waals surface area contributed by atoms with Crippen LogP contribution in [0.5, 0.6) is 0 Å². The highest BCUT2D eigenvalue weighted by atomic mass is 19.1. The first kappa shape index (κ1) is 25.2. The molecular formula is C28H32FN3O5. The van der Waals surface area contributed by atoms with Crippen LogP contribution < -0.4 is 4.90 Å². The summed E-state index contributed by atoms with van der Waals surface area (Å²) in [6, 6.07) is 11.9. The van der Waals surface area contributed by atoms with Crippen molar-refractivity contribution in [2.75, 3.05) is 31.1 Å². The lowest BCUT2D eigenvalue weighted by Gasteiger charge is -2.44. The lowest BCUT2D eigenvalue weighted by Crippen LogP contribution is -2.53. The molecule has 2 bridgehead atoms. The Morgan fingerprint density at radius 1 is 1.00 bits per heavy atom. The van der Waals surface area contributed by atoms with Crippen molar-refractivity contribution in [2.45, 2.75) is 50.8 Å². The molecule has 1 N–H and O–H groups in total. The zero-order valence-electron chi connectivity index (χ0n) is 20.7. The van der Waals surface area contributed by atoms with Crippen LogP contribution in [0.3, 0.4) is 0 Å². The molecule has 4 heterocycles. The molecule has 4 aliphatic heterocycles. The average molecular weight is 510 g/mol. The number of amides is 2. The summed E-state index contributed by atoms with van der Waals surface area (Å²) < 4.78 is 20.7. The van der Waals surface area contributed by atoms with Crippen molar-refractivity contribution in [3.63, 3.8) is 0 Å². The monoisotopic (exact) mass is 509 g/mol. The predicted octanol–water partition coefficient (Wildman–Crippen LogP) is 4.14. The van der Waals surface area contributed by atoms with Crippen LogP contribution >= 0.6 is 0 Å². The van der Waals surface area contributed by atoms with Crippen molar-refractivity contribution in [3.05, 3.63) is 65.5 Å². The maximum Gasteiger partial charge on any atom is 0.415 e. The second-order valence-electron chi connectivity index (χ2n) is 10.1. The number of aliphatic carboxylic acids is 1. The fourth-order valence-corrected chi connectivity index (χ4v) is 5.74. The van der Waals surface area contributed by atoms with Gasteiger partial charge in [0.25, 0.3) is 5.91 Å². The maximum atomic E-state index is 14.8. The summed E-state index contributed by atoms with van der Waals surface area (Å²) in [7, 11) is 0. The van der Waals surface area contributed by atoms with E-state index in [0.29, 0.717) is 36.6 Å². The van der Waals surface area contributed by atoms with Gasteiger partial charge in [0.2, 0.25) is 0 Å². The molecule has 37 heavy (non-hydrogen) atoms. The van der Waals surface area contributed by atoms with E-state index in [1.165, 1.54) is 21.9 Å². The zero-order valence-corrected chi connectivity index (χ0v) is 20.7. The number of para-hydroxylation sites is 1. The average Bonchev–Trinajstić information content (AvgIpc) is 2.92. The minimum atomic E-state index is -1.01. The van der Waals surface area contributed by atoms with Gasteiger partial charge in [-0.25, -0.2) is 14.0 Å². The summed E-state index contributed by atoms with van der Waals surface area (Å²) in [5.41, 5.74) is 1.06. The molecule has 8 nitrogen and oxygen atoms in total.